The third kappa shape index (κ3) is 4.15. The van der Waals surface area contributed by atoms with Crippen molar-refractivity contribution in [2.75, 3.05) is 13.1 Å². The minimum Gasteiger partial charge on any atom is -0.489 e. The van der Waals surface area contributed by atoms with Crippen molar-refractivity contribution >= 4 is 23.2 Å². The molecule has 128 valence electrons. The van der Waals surface area contributed by atoms with Crippen molar-refractivity contribution in [3.63, 3.8) is 0 Å². The lowest BCUT2D eigenvalue weighted by atomic mass is 10.2. The van der Waals surface area contributed by atoms with Gasteiger partial charge in [-0.25, -0.2) is 0 Å². The molecule has 0 spiro atoms. The Kier molecular flexibility index (Phi) is 5.88. The molecule has 5 heteroatoms. The summed E-state index contributed by atoms with van der Waals surface area (Å²) in [4.78, 5) is 2.35. The number of ether oxygens (including phenoxy) is 2. The monoisotopic (exact) mass is 365 g/mol. The van der Waals surface area contributed by atoms with Gasteiger partial charge in [0, 0.05) is 22.2 Å². The van der Waals surface area contributed by atoms with E-state index in [4.69, 9.17) is 32.7 Å². The molecule has 3 rings (SSSR count). The summed E-state index contributed by atoms with van der Waals surface area (Å²) >= 11 is 12.3. The first-order valence-corrected chi connectivity index (χ1v) is 8.99. The fourth-order valence-corrected chi connectivity index (χ4v) is 3.39. The molecule has 1 saturated heterocycles. The molecule has 1 fully saturated rings. The van der Waals surface area contributed by atoms with Crippen LogP contribution in [0.15, 0.2) is 42.5 Å². The number of hydrogen-bond acceptors (Lipinski definition) is 3. The zero-order valence-corrected chi connectivity index (χ0v) is 15.2. The minimum atomic E-state index is 0.184. The predicted octanol–water partition coefficient (Wildman–Crippen LogP) is 5.39. The van der Waals surface area contributed by atoms with Gasteiger partial charge in [-0.3, -0.25) is 4.90 Å². The third-order valence-corrected chi connectivity index (χ3v) is 4.96. The summed E-state index contributed by atoms with van der Waals surface area (Å²) in [5.74, 6) is 1.63. The SMILES string of the molecule is CCN1CCCC1Oc1ccc(OCc2c(Cl)cccc2Cl)cc1. The van der Waals surface area contributed by atoms with E-state index >= 15 is 0 Å². The molecule has 1 aliphatic heterocycles. The number of likely N-dealkylation sites (tertiary alicyclic amines) is 1. The maximum atomic E-state index is 6.15. The van der Waals surface area contributed by atoms with Gasteiger partial charge in [0.25, 0.3) is 0 Å². The molecule has 1 aliphatic rings. The molecular formula is C19H21Cl2NO2. The zero-order chi connectivity index (χ0) is 16.9. The van der Waals surface area contributed by atoms with E-state index in [1.165, 1.54) is 6.42 Å². The molecular weight excluding hydrogens is 345 g/mol. The van der Waals surface area contributed by atoms with Crippen LogP contribution in [0.5, 0.6) is 11.5 Å². The first-order valence-electron chi connectivity index (χ1n) is 8.24. The Morgan fingerprint density at radius 2 is 1.71 bits per heavy atom. The highest BCUT2D eigenvalue weighted by Crippen LogP contribution is 2.27. The number of nitrogens with zero attached hydrogens (tertiary/aromatic N) is 1. The van der Waals surface area contributed by atoms with E-state index in [1.54, 1.807) is 0 Å². The van der Waals surface area contributed by atoms with Crippen LogP contribution >= 0.6 is 23.2 Å². The lowest BCUT2D eigenvalue weighted by molar-refractivity contribution is 0.0649. The van der Waals surface area contributed by atoms with Crippen LogP contribution in [0.4, 0.5) is 0 Å². The second-order valence-corrected chi connectivity index (χ2v) is 6.62. The standard InChI is InChI=1S/C19H21Cl2NO2/c1-2-22-12-4-7-19(22)24-15-10-8-14(9-11-15)23-13-16-17(20)5-3-6-18(16)21/h3,5-6,8-11,19H,2,4,7,12-13H2,1H3. The van der Waals surface area contributed by atoms with Gasteiger partial charge in [0.05, 0.1) is 0 Å². The Hall–Kier alpha value is -1.42. The van der Waals surface area contributed by atoms with Crippen LogP contribution < -0.4 is 9.47 Å². The van der Waals surface area contributed by atoms with E-state index in [-0.39, 0.29) is 6.23 Å². The summed E-state index contributed by atoms with van der Waals surface area (Å²) in [6.45, 7) is 4.63. The van der Waals surface area contributed by atoms with Crippen LogP contribution in [-0.4, -0.2) is 24.2 Å². The van der Waals surface area contributed by atoms with Crippen molar-refractivity contribution in [1.29, 1.82) is 0 Å². The summed E-state index contributed by atoms with van der Waals surface area (Å²) in [6, 6.07) is 13.1. The molecule has 3 nitrogen and oxygen atoms in total. The van der Waals surface area contributed by atoms with Gasteiger partial charge < -0.3 is 9.47 Å². The van der Waals surface area contributed by atoms with Crippen molar-refractivity contribution in [1.82, 2.24) is 4.90 Å². The van der Waals surface area contributed by atoms with E-state index in [0.29, 0.717) is 16.7 Å². The molecule has 2 aromatic carbocycles. The number of halogens is 2. The largest absolute Gasteiger partial charge is 0.489 e. The molecule has 1 atom stereocenters. The second kappa shape index (κ2) is 8.11. The van der Waals surface area contributed by atoms with Crippen molar-refractivity contribution in [2.24, 2.45) is 0 Å². The first kappa shape index (κ1) is 17.4. The average molecular weight is 366 g/mol. The summed E-state index contributed by atoms with van der Waals surface area (Å²) in [6.07, 6.45) is 2.46. The maximum absolute atomic E-state index is 6.15. The van der Waals surface area contributed by atoms with Crippen LogP contribution in [-0.2, 0) is 6.61 Å². The van der Waals surface area contributed by atoms with Crippen molar-refractivity contribution in [3.8, 4) is 11.5 Å². The fourth-order valence-electron chi connectivity index (χ4n) is 2.89. The van der Waals surface area contributed by atoms with Crippen LogP contribution in [0.1, 0.15) is 25.3 Å². The lowest BCUT2D eigenvalue weighted by Crippen LogP contribution is -2.33. The molecule has 0 saturated carbocycles. The quantitative estimate of drug-likeness (QED) is 0.684. The first-order chi connectivity index (χ1) is 11.7. The lowest BCUT2D eigenvalue weighted by Gasteiger charge is -2.23. The third-order valence-electron chi connectivity index (χ3n) is 4.25. The Bertz CT molecular complexity index is 655. The van der Waals surface area contributed by atoms with E-state index in [2.05, 4.69) is 11.8 Å². The highest BCUT2D eigenvalue weighted by Gasteiger charge is 2.24. The number of rotatable bonds is 6. The van der Waals surface area contributed by atoms with Gasteiger partial charge in [-0.1, -0.05) is 36.2 Å². The molecule has 1 heterocycles. The van der Waals surface area contributed by atoms with Crippen LogP contribution in [0.25, 0.3) is 0 Å². The molecule has 0 bridgehead atoms. The molecule has 24 heavy (non-hydrogen) atoms. The Labute approximate surface area is 153 Å². The van der Waals surface area contributed by atoms with E-state index in [9.17, 15) is 0 Å². The Balaban J connectivity index is 1.58. The van der Waals surface area contributed by atoms with Gasteiger partial charge in [-0.15, -0.1) is 0 Å². The van der Waals surface area contributed by atoms with Crippen LogP contribution in [0.3, 0.4) is 0 Å². The maximum Gasteiger partial charge on any atom is 0.152 e. The topological polar surface area (TPSA) is 21.7 Å². The number of benzene rings is 2. The Morgan fingerprint density at radius 3 is 2.38 bits per heavy atom. The molecule has 0 amide bonds. The second-order valence-electron chi connectivity index (χ2n) is 5.80. The van der Waals surface area contributed by atoms with Crippen LogP contribution in [0, 0.1) is 0 Å². The normalized spacial score (nSPS) is 17.9. The number of hydrogen-bond donors (Lipinski definition) is 0. The van der Waals surface area contributed by atoms with Gasteiger partial charge >= 0.3 is 0 Å². The van der Waals surface area contributed by atoms with E-state index in [0.717, 1.165) is 36.6 Å². The summed E-state index contributed by atoms with van der Waals surface area (Å²) in [7, 11) is 0. The molecule has 0 N–H and O–H groups in total. The summed E-state index contributed by atoms with van der Waals surface area (Å²) < 4.78 is 11.8. The van der Waals surface area contributed by atoms with E-state index < -0.39 is 0 Å². The van der Waals surface area contributed by atoms with Gasteiger partial charge in [-0.05, 0) is 55.8 Å². The van der Waals surface area contributed by atoms with Gasteiger partial charge in [0.2, 0.25) is 0 Å². The molecule has 0 aliphatic carbocycles. The smallest absolute Gasteiger partial charge is 0.152 e. The highest BCUT2D eigenvalue weighted by atomic mass is 35.5. The predicted molar refractivity (Wildman–Crippen MR) is 98.1 cm³/mol. The summed E-state index contributed by atoms with van der Waals surface area (Å²) in [5, 5.41) is 1.23. The van der Waals surface area contributed by atoms with E-state index in [1.807, 2.05) is 42.5 Å². The molecule has 1 unspecified atom stereocenters. The highest BCUT2D eigenvalue weighted by molar-refractivity contribution is 6.35. The van der Waals surface area contributed by atoms with Crippen LogP contribution in [0.2, 0.25) is 10.0 Å². The molecule has 0 aromatic heterocycles. The van der Waals surface area contributed by atoms with Gasteiger partial charge in [-0.2, -0.15) is 0 Å². The van der Waals surface area contributed by atoms with Crippen molar-refractivity contribution < 1.29 is 9.47 Å². The zero-order valence-electron chi connectivity index (χ0n) is 13.7. The Morgan fingerprint density at radius 1 is 1.04 bits per heavy atom. The fraction of sp³-hybridized carbons (Fsp3) is 0.368. The molecule has 0 radical (unpaired) electrons. The van der Waals surface area contributed by atoms with Crippen molar-refractivity contribution in [3.05, 3.63) is 58.1 Å². The molecule has 2 aromatic rings. The summed E-state index contributed by atoms with van der Waals surface area (Å²) in [5.41, 5.74) is 0.797. The van der Waals surface area contributed by atoms with Crippen molar-refractivity contribution in [2.45, 2.75) is 32.6 Å². The van der Waals surface area contributed by atoms with Gasteiger partial charge in [0.1, 0.15) is 18.1 Å². The average Bonchev–Trinajstić information content (AvgIpc) is 3.03. The van der Waals surface area contributed by atoms with Gasteiger partial charge in [0.15, 0.2) is 6.23 Å². The minimum absolute atomic E-state index is 0.184.